The van der Waals surface area contributed by atoms with Gasteiger partial charge in [-0.2, -0.15) is 0 Å². The van der Waals surface area contributed by atoms with Crippen LogP contribution < -0.4 is 0 Å². The van der Waals surface area contributed by atoms with Crippen molar-refractivity contribution >= 4 is 11.8 Å². The van der Waals surface area contributed by atoms with Gasteiger partial charge >= 0.3 is 0 Å². The van der Waals surface area contributed by atoms with E-state index in [1.54, 1.807) is 4.90 Å². The molecule has 2 aliphatic rings. The summed E-state index contributed by atoms with van der Waals surface area (Å²) in [6.45, 7) is 2.69. The van der Waals surface area contributed by atoms with Crippen LogP contribution in [-0.2, 0) is 6.54 Å². The summed E-state index contributed by atoms with van der Waals surface area (Å²) in [5.41, 5.74) is 1.87. The third-order valence-electron chi connectivity index (χ3n) is 5.91. The van der Waals surface area contributed by atoms with Crippen molar-refractivity contribution in [3.8, 4) is 0 Å². The van der Waals surface area contributed by atoms with Crippen molar-refractivity contribution in [1.29, 1.82) is 0 Å². The smallest absolute Gasteiger partial charge is 0.274 e. The summed E-state index contributed by atoms with van der Waals surface area (Å²) in [5.74, 6) is 0.579. The highest BCUT2D eigenvalue weighted by Gasteiger charge is 2.36. The molecule has 2 aromatic heterocycles. The molecule has 1 atom stereocenters. The number of fused-ring (bicyclic) bond motifs is 1. The second-order valence-corrected chi connectivity index (χ2v) is 7.81. The largest absolute Gasteiger partial charge is 0.341 e. The number of benzene rings is 1. The molecule has 154 valence electrons. The van der Waals surface area contributed by atoms with Crippen molar-refractivity contribution < 1.29 is 9.59 Å². The monoisotopic (exact) mass is 404 g/mol. The maximum atomic E-state index is 13.2. The summed E-state index contributed by atoms with van der Waals surface area (Å²) in [7, 11) is 0. The molecular formula is C22H24N6O2. The van der Waals surface area contributed by atoms with Gasteiger partial charge in [-0.25, -0.2) is 9.97 Å². The van der Waals surface area contributed by atoms with Crippen LogP contribution in [-0.4, -0.2) is 60.8 Å². The number of carbonyl (C=O) groups is 2. The molecule has 0 radical (unpaired) electrons. The highest BCUT2D eigenvalue weighted by molar-refractivity contribution is 5.93. The molecule has 0 spiro atoms. The van der Waals surface area contributed by atoms with Crippen LogP contribution in [0.25, 0.3) is 0 Å². The van der Waals surface area contributed by atoms with Crippen molar-refractivity contribution in [2.45, 2.75) is 31.8 Å². The average molecular weight is 404 g/mol. The predicted octanol–water partition coefficient (Wildman–Crippen LogP) is 2.48. The number of carbonyl (C=O) groups excluding carboxylic acids is 2. The first kappa shape index (κ1) is 18.6. The number of piperidine rings is 1. The van der Waals surface area contributed by atoms with E-state index in [1.807, 2.05) is 46.0 Å². The first-order valence-electron chi connectivity index (χ1n) is 10.4. The molecule has 1 N–H and O–H groups in total. The van der Waals surface area contributed by atoms with E-state index in [0.29, 0.717) is 24.5 Å². The number of nitrogens with one attached hydrogen (secondary N) is 1. The zero-order valence-electron chi connectivity index (χ0n) is 16.7. The molecule has 0 saturated carbocycles. The summed E-state index contributed by atoms with van der Waals surface area (Å²) in [4.78, 5) is 41.5. The van der Waals surface area contributed by atoms with Crippen molar-refractivity contribution in [3.05, 3.63) is 71.8 Å². The molecule has 1 fully saturated rings. The third-order valence-corrected chi connectivity index (χ3v) is 5.91. The lowest BCUT2D eigenvalue weighted by atomic mass is 10.0. The SMILES string of the molecule is O=C(c1cn2c(n1)C(c1ccccc1)N(C(=O)c1cnc[nH]1)CC2)N1CCCCC1. The van der Waals surface area contributed by atoms with Crippen LogP contribution in [0, 0.1) is 0 Å². The van der Waals surface area contributed by atoms with Crippen molar-refractivity contribution in [2.24, 2.45) is 0 Å². The van der Waals surface area contributed by atoms with Crippen LogP contribution in [0.5, 0.6) is 0 Å². The van der Waals surface area contributed by atoms with Crippen LogP contribution in [0.15, 0.2) is 49.1 Å². The summed E-state index contributed by atoms with van der Waals surface area (Å²) in [5, 5.41) is 0. The number of H-pyrrole nitrogens is 1. The van der Waals surface area contributed by atoms with Crippen LogP contribution >= 0.6 is 0 Å². The lowest BCUT2D eigenvalue weighted by Crippen LogP contribution is -2.43. The summed E-state index contributed by atoms with van der Waals surface area (Å²) in [6.07, 6.45) is 8.14. The van der Waals surface area contributed by atoms with Gasteiger partial charge in [0.05, 0.1) is 12.5 Å². The maximum Gasteiger partial charge on any atom is 0.274 e. The number of aromatic amines is 1. The number of imidazole rings is 2. The standard InChI is InChI=1S/C22H24N6O2/c29-21(26-9-5-2-6-10-26)18-14-27-11-12-28(22(30)17-13-23-15-24-17)19(20(27)25-18)16-7-3-1-4-8-16/h1,3-4,7-8,13-15,19H,2,5-6,9-12H2,(H,23,24). The zero-order valence-corrected chi connectivity index (χ0v) is 16.7. The quantitative estimate of drug-likeness (QED) is 0.727. The fraction of sp³-hybridized carbons (Fsp3) is 0.364. The first-order valence-corrected chi connectivity index (χ1v) is 10.4. The minimum atomic E-state index is -0.362. The van der Waals surface area contributed by atoms with Crippen LogP contribution in [0.4, 0.5) is 0 Å². The van der Waals surface area contributed by atoms with Crippen LogP contribution in [0.3, 0.4) is 0 Å². The van der Waals surface area contributed by atoms with E-state index in [4.69, 9.17) is 4.98 Å². The minimum absolute atomic E-state index is 0.0187. The fourth-order valence-electron chi connectivity index (χ4n) is 4.38. The van der Waals surface area contributed by atoms with Crippen LogP contribution in [0.1, 0.15) is 57.7 Å². The van der Waals surface area contributed by atoms with Gasteiger partial charge in [0.25, 0.3) is 11.8 Å². The van der Waals surface area contributed by atoms with E-state index in [9.17, 15) is 9.59 Å². The number of hydrogen-bond donors (Lipinski definition) is 1. The lowest BCUT2D eigenvalue weighted by Gasteiger charge is -2.36. The third kappa shape index (κ3) is 3.28. The number of hydrogen-bond acceptors (Lipinski definition) is 4. The van der Waals surface area contributed by atoms with Gasteiger partial charge in [-0.3, -0.25) is 9.59 Å². The summed E-state index contributed by atoms with van der Waals surface area (Å²) >= 11 is 0. The van der Waals surface area contributed by atoms with E-state index in [0.717, 1.165) is 37.3 Å². The lowest BCUT2D eigenvalue weighted by molar-refractivity contribution is 0.0653. The highest BCUT2D eigenvalue weighted by Crippen LogP contribution is 2.32. The molecule has 4 heterocycles. The number of likely N-dealkylation sites (tertiary alicyclic amines) is 1. The molecule has 5 rings (SSSR count). The maximum absolute atomic E-state index is 13.2. The second-order valence-electron chi connectivity index (χ2n) is 7.81. The Balaban J connectivity index is 1.52. The Bertz CT molecular complexity index is 1040. The van der Waals surface area contributed by atoms with E-state index in [1.165, 1.54) is 18.9 Å². The number of nitrogens with zero attached hydrogens (tertiary/aromatic N) is 5. The van der Waals surface area contributed by atoms with E-state index >= 15 is 0 Å². The Labute approximate surface area is 174 Å². The molecule has 2 aliphatic heterocycles. The van der Waals surface area contributed by atoms with Gasteiger partial charge in [-0.05, 0) is 24.8 Å². The molecule has 2 amide bonds. The molecule has 30 heavy (non-hydrogen) atoms. The normalized spacial score (nSPS) is 18.9. The summed E-state index contributed by atoms with van der Waals surface area (Å²) in [6, 6.07) is 9.48. The van der Waals surface area contributed by atoms with Crippen molar-refractivity contribution in [2.75, 3.05) is 19.6 Å². The van der Waals surface area contributed by atoms with E-state index in [-0.39, 0.29) is 17.9 Å². The Morgan fingerprint density at radius 2 is 1.77 bits per heavy atom. The number of amides is 2. The van der Waals surface area contributed by atoms with Gasteiger partial charge in [0, 0.05) is 32.4 Å². The molecule has 1 unspecified atom stereocenters. The minimum Gasteiger partial charge on any atom is -0.341 e. The second kappa shape index (κ2) is 7.78. The molecule has 8 heteroatoms. The Kier molecular flexibility index (Phi) is 4.82. The molecule has 0 aliphatic carbocycles. The number of aromatic nitrogens is 4. The predicted molar refractivity (Wildman–Crippen MR) is 110 cm³/mol. The van der Waals surface area contributed by atoms with Gasteiger partial charge in [0.15, 0.2) is 0 Å². The van der Waals surface area contributed by atoms with Gasteiger partial charge in [0.1, 0.15) is 23.3 Å². The molecule has 1 aromatic carbocycles. The molecule has 0 bridgehead atoms. The molecule has 3 aromatic rings. The van der Waals surface area contributed by atoms with Gasteiger partial charge < -0.3 is 19.4 Å². The van der Waals surface area contributed by atoms with Gasteiger partial charge in [-0.1, -0.05) is 30.3 Å². The first-order chi connectivity index (χ1) is 14.7. The topological polar surface area (TPSA) is 87.1 Å². The van der Waals surface area contributed by atoms with Crippen molar-refractivity contribution in [3.63, 3.8) is 0 Å². The Morgan fingerprint density at radius 1 is 0.967 bits per heavy atom. The van der Waals surface area contributed by atoms with Crippen molar-refractivity contribution in [1.82, 2.24) is 29.3 Å². The van der Waals surface area contributed by atoms with Crippen LogP contribution in [0.2, 0.25) is 0 Å². The van der Waals surface area contributed by atoms with Gasteiger partial charge in [-0.15, -0.1) is 0 Å². The summed E-state index contributed by atoms with van der Waals surface area (Å²) < 4.78 is 2.02. The number of rotatable bonds is 3. The highest BCUT2D eigenvalue weighted by atomic mass is 16.2. The molecular weight excluding hydrogens is 380 g/mol. The Morgan fingerprint density at radius 3 is 2.50 bits per heavy atom. The average Bonchev–Trinajstić information content (AvgIpc) is 3.49. The Hall–Kier alpha value is -3.42. The fourth-order valence-corrected chi connectivity index (χ4v) is 4.38. The van der Waals surface area contributed by atoms with E-state index < -0.39 is 0 Å². The zero-order chi connectivity index (χ0) is 20.5. The van der Waals surface area contributed by atoms with Gasteiger partial charge in [0.2, 0.25) is 0 Å². The molecule has 1 saturated heterocycles. The van der Waals surface area contributed by atoms with E-state index in [2.05, 4.69) is 9.97 Å². The molecule has 8 nitrogen and oxygen atoms in total.